The molecule has 1 aromatic heterocycles. The van der Waals surface area contributed by atoms with Crippen LogP contribution in [0.2, 0.25) is 10.0 Å². The number of rotatable bonds is 8. The first kappa shape index (κ1) is 20.7. The molecule has 0 fully saturated rings. The summed E-state index contributed by atoms with van der Waals surface area (Å²) in [6.07, 6.45) is 1.61. The summed E-state index contributed by atoms with van der Waals surface area (Å²) in [5.74, 6) is 0.424. The molecule has 0 saturated heterocycles. The van der Waals surface area contributed by atoms with Crippen molar-refractivity contribution in [1.29, 1.82) is 0 Å². The van der Waals surface area contributed by atoms with Crippen LogP contribution in [-0.4, -0.2) is 42.5 Å². The van der Waals surface area contributed by atoms with E-state index in [1.165, 1.54) is 0 Å². The SMILES string of the molecule is COCCNCC(=O)Nc1ccnn1Cc1c(Cl)cccc1Cl.Cl. The van der Waals surface area contributed by atoms with Crippen molar-refractivity contribution in [3.05, 3.63) is 46.1 Å². The van der Waals surface area contributed by atoms with Crippen LogP contribution in [0.25, 0.3) is 0 Å². The highest BCUT2D eigenvalue weighted by Gasteiger charge is 2.11. The Hall–Kier alpha value is -1.31. The van der Waals surface area contributed by atoms with E-state index >= 15 is 0 Å². The Labute approximate surface area is 156 Å². The van der Waals surface area contributed by atoms with Crippen molar-refractivity contribution < 1.29 is 9.53 Å². The van der Waals surface area contributed by atoms with E-state index in [1.54, 1.807) is 42.3 Å². The summed E-state index contributed by atoms with van der Waals surface area (Å²) in [7, 11) is 1.61. The monoisotopic (exact) mass is 392 g/mol. The molecule has 0 spiro atoms. The lowest BCUT2D eigenvalue weighted by Crippen LogP contribution is -2.31. The summed E-state index contributed by atoms with van der Waals surface area (Å²) in [6, 6.07) is 7.04. The van der Waals surface area contributed by atoms with Crippen molar-refractivity contribution in [2.75, 3.05) is 32.1 Å². The first-order valence-corrected chi connectivity index (χ1v) is 7.81. The lowest BCUT2D eigenvalue weighted by molar-refractivity contribution is -0.115. The minimum Gasteiger partial charge on any atom is -0.383 e. The van der Waals surface area contributed by atoms with Crippen LogP contribution >= 0.6 is 35.6 Å². The standard InChI is InChI=1S/C15H18Cl2N4O2.ClH/c1-23-8-7-18-9-15(22)20-14-5-6-19-21(14)10-11-12(16)3-2-4-13(11)17;/h2-6,18H,7-10H2,1H3,(H,20,22);1H. The summed E-state index contributed by atoms with van der Waals surface area (Å²) in [4.78, 5) is 11.9. The smallest absolute Gasteiger partial charge is 0.239 e. The van der Waals surface area contributed by atoms with E-state index in [4.69, 9.17) is 27.9 Å². The zero-order valence-electron chi connectivity index (χ0n) is 13.1. The number of carbonyl (C=O) groups excluding carboxylic acids is 1. The summed E-state index contributed by atoms with van der Waals surface area (Å²) < 4.78 is 6.54. The Morgan fingerprint density at radius 1 is 1.29 bits per heavy atom. The number of carbonyl (C=O) groups is 1. The predicted molar refractivity (Wildman–Crippen MR) is 98.4 cm³/mol. The Balaban J connectivity index is 0.00000288. The van der Waals surface area contributed by atoms with Crippen LogP contribution in [0, 0.1) is 0 Å². The summed E-state index contributed by atoms with van der Waals surface area (Å²) in [5.41, 5.74) is 0.758. The molecule has 1 amide bonds. The molecule has 132 valence electrons. The number of anilines is 1. The molecule has 2 N–H and O–H groups in total. The number of ether oxygens (including phenoxy) is 1. The van der Waals surface area contributed by atoms with Crippen molar-refractivity contribution >= 4 is 47.3 Å². The lowest BCUT2D eigenvalue weighted by atomic mass is 10.2. The van der Waals surface area contributed by atoms with Gasteiger partial charge in [0.05, 0.1) is 25.9 Å². The third-order valence-electron chi connectivity index (χ3n) is 3.12. The second-order valence-electron chi connectivity index (χ2n) is 4.79. The average Bonchev–Trinajstić information content (AvgIpc) is 2.94. The van der Waals surface area contributed by atoms with Crippen LogP contribution < -0.4 is 10.6 Å². The van der Waals surface area contributed by atoms with E-state index in [2.05, 4.69) is 15.7 Å². The first-order valence-electron chi connectivity index (χ1n) is 7.06. The molecule has 9 heteroatoms. The highest BCUT2D eigenvalue weighted by atomic mass is 35.5. The maximum Gasteiger partial charge on any atom is 0.239 e. The molecule has 0 bridgehead atoms. The van der Waals surface area contributed by atoms with Crippen molar-refractivity contribution in [1.82, 2.24) is 15.1 Å². The molecule has 0 aliphatic heterocycles. The molecule has 0 radical (unpaired) electrons. The predicted octanol–water partition coefficient (Wildman–Crippen LogP) is 2.83. The van der Waals surface area contributed by atoms with Gasteiger partial charge in [-0.25, -0.2) is 4.68 Å². The van der Waals surface area contributed by atoms with Gasteiger partial charge in [0, 0.05) is 35.3 Å². The molecular formula is C15H19Cl3N4O2. The number of amides is 1. The van der Waals surface area contributed by atoms with Gasteiger partial charge in [0.2, 0.25) is 5.91 Å². The van der Waals surface area contributed by atoms with Crippen LogP contribution in [0.3, 0.4) is 0 Å². The number of halogens is 3. The lowest BCUT2D eigenvalue weighted by Gasteiger charge is -2.11. The number of benzene rings is 1. The second kappa shape index (κ2) is 10.5. The number of hydrogen-bond donors (Lipinski definition) is 2. The van der Waals surface area contributed by atoms with E-state index in [0.717, 1.165) is 5.56 Å². The quantitative estimate of drug-likeness (QED) is 0.677. The van der Waals surface area contributed by atoms with Gasteiger partial charge in [-0.1, -0.05) is 29.3 Å². The van der Waals surface area contributed by atoms with Crippen LogP contribution in [-0.2, 0) is 16.1 Å². The normalized spacial score (nSPS) is 10.3. The van der Waals surface area contributed by atoms with Gasteiger partial charge in [-0.3, -0.25) is 4.79 Å². The van der Waals surface area contributed by atoms with Crippen molar-refractivity contribution in [3.8, 4) is 0 Å². The van der Waals surface area contributed by atoms with Gasteiger partial charge in [0.1, 0.15) is 5.82 Å². The molecule has 1 aromatic carbocycles. The minimum atomic E-state index is -0.159. The average molecular weight is 394 g/mol. The summed E-state index contributed by atoms with van der Waals surface area (Å²) in [5, 5.41) is 11.1. The first-order chi connectivity index (χ1) is 11.1. The largest absolute Gasteiger partial charge is 0.383 e. The van der Waals surface area contributed by atoms with Gasteiger partial charge < -0.3 is 15.4 Å². The van der Waals surface area contributed by atoms with Crippen LogP contribution in [0.5, 0.6) is 0 Å². The van der Waals surface area contributed by atoms with Gasteiger partial charge in [-0.05, 0) is 12.1 Å². The molecule has 0 aliphatic carbocycles. The zero-order chi connectivity index (χ0) is 16.7. The van der Waals surface area contributed by atoms with Crippen molar-refractivity contribution in [3.63, 3.8) is 0 Å². The molecule has 2 aromatic rings. The fourth-order valence-corrected chi connectivity index (χ4v) is 2.48. The summed E-state index contributed by atoms with van der Waals surface area (Å²) in [6.45, 7) is 1.73. The molecule has 2 rings (SSSR count). The van der Waals surface area contributed by atoms with Crippen LogP contribution in [0.4, 0.5) is 5.82 Å². The fraction of sp³-hybridized carbons (Fsp3) is 0.333. The maximum absolute atomic E-state index is 11.9. The fourth-order valence-electron chi connectivity index (χ4n) is 1.96. The topological polar surface area (TPSA) is 68.2 Å². The van der Waals surface area contributed by atoms with Crippen LogP contribution in [0.1, 0.15) is 5.56 Å². The third kappa shape index (κ3) is 5.96. The minimum absolute atomic E-state index is 0. The molecule has 0 aliphatic rings. The van der Waals surface area contributed by atoms with E-state index in [1.807, 2.05) is 0 Å². The molecule has 24 heavy (non-hydrogen) atoms. The number of nitrogens with zero attached hydrogens (tertiary/aromatic N) is 2. The molecule has 6 nitrogen and oxygen atoms in total. The van der Waals surface area contributed by atoms with E-state index in [-0.39, 0.29) is 24.9 Å². The summed E-state index contributed by atoms with van der Waals surface area (Å²) >= 11 is 12.3. The molecule has 0 saturated carbocycles. The van der Waals surface area contributed by atoms with E-state index in [0.29, 0.717) is 35.6 Å². The molecule has 0 atom stereocenters. The third-order valence-corrected chi connectivity index (χ3v) is 3.83. The molecule has 1 heterocycles. The number of methoxy groups -OCH3 is 1. The van der Waals surface area contributed by atoms with Gasteiger partial charge in [0.25, 0.3) is 0 Å². The highest BCUT2D eigenvalue weighted by molar-refractivity contribution is 6.35. The Kier molecular flexibility index (Phi) is 9.10. The van der Waals surface area contributed by atoms with Crippen molar-refractivity contribution in [2.24, 2.45) is 0 Å². The number of nitrogens with one attached hydrogen (secondary N) is 2. The van der Waals surface area contributed by atoms with Gasteiger partial charge in [-0.15, -0.1) is 12.4 Å². The Morgan fingerprint density at radius 3 is 2.67 bits per heavy atom. The Morgan fingerprint density at radius 2 is 2.00 bits per heavy atom. The zero-order valence-corrected chi connectivity index (χ0v) is 15.4. The van der Waals surface area contributed by atoms with Crippen LogP contribution in [0.15, 0.2) is 30.5 Å². The van der Waals surface area contributed by atoms with Crippen molar-refractivity contribution in [2.45, 2.75) is 6.54 Å². The maximum atomic E-state index is 11.9. The van der Waals surface area contributed by atoms with Gasteiger partial charge >= 0.3 is 0 Å². The van der Waals surface area contributed by atoms with Gasteiger partial charge in [-0.2, -0.15) is 5.10 Å². The van der Waals surface area contributed by atoms with Gasteiger partial charge in [0.15, 0.2) is 0 Å². The molecular weight excluding hydrogens is 375 g/mol. The number of aromatic nitrogens is 2. The van der Waals surface area contributed by atoms with E-state index < -0.39 is 0 Å². The second-order valence-corrected chi connectivity index (χ2v) is 5.61. The van der Waals surface area contributed by atoms with E-state index in [9.17, 15) is 4.79 Å². The highest BCUT2D eigenvalue weighted by Crippen LogP contribution is 2.25. The Bertz CT molecular complexity index is 644. The number of hydrogen-bond acceptors (Lipinski definition) is 4. The molecule has 0 unspecified atom stereocenters.